The van der Waals surface area contributed by atoms with Crippen LogP contribution in [0, 0.1) is 0 Å². The van der Waals surface area contributed by atoms with Gasteiger partial charge in [-0.25, -0.2) is 0 Å². The highest BCUT2D eigenvalue weighted by Gasteiger charge is 2.24. The Labute approximate surface area is 144 Å². The Morgan fingerprint density at radius 1 is 1.41 bits per heavy atom. The van der Waals surface area contributed by atoms with Crippen LogP contribution in [0.5, 0.6) is 5.75 Å². The molecule has 1 unspecified atom stereocenters. The first-order valence-corrected chi connectivity index (χ1v) is 7.06. The van der Waals surface area contributed by atoms with Crippen molar-refractivity contribution in [3.05, 3.63) is 24.3 Å². The van der Waals surface area contributed by atoms with E-state index in [2.05, 4.69) is 21.6 Å². The van der Waals surface area contributed by atoms with E-state index in [1.165, 1.54) is 0 Å². The van der Waals surface area contributed by atoms with E-state index < -0.39 is 0 Å². The van der Waals surface area contributed by atoms with Crippen LogP contribution in [0.2, 0.25) is 0 Å². The summed E-state index contributed by atoms with van der Waals surface area (Å²) in [5, 5.41) is 6.08. The molecule has 1 saturated heterocycles. The Hall–Kier alpha value is -1.17. The molecule has 1 aromatic rings. The van der Waals surface area contributed by atoms with Crippen molar-refractivity contribution < 1.29 is 9.53 Å². The van der Waals surface area contributed by atoms with E-state index in [-0.39, 0.29) is 36.8 Å². The number of benzene rings is 1. The second kappa shape index (κ2) is 10.5. The van der Waals surface area contributed by atoms with Crippen molar-refractivity contribution in [2.75, 3.05) is 38.7 Å². The first-order valence-electron chi connectivity index (χ1n) is 7.06. The number of nitrogens with one attached hydrogen (secondary N) is 2. The fraction of sp³-hybridized carbons (Fsp3) is 0.533. The van der Waals surface area contributed by atoms with Gasteiger partial charge in [-0.1, -0.05) is 6.07 Å². The molecular weight excluding hydrogens is 325 g/mol. The number of methoxy groups -OCH3 is 1. The van der Waals surface area contributed by atoms with Gasteiger partial charge in [0.05, 0.1) is 7.11 Å². The molecule has 0 aromatic heterocycles. The summed E-state index contributed by atoms with van der Waals surface area (Å²) >= 11 is 0. The number of carbonyl (C=O) groups excluding carboxylic acids is 1. The van der Waals surface area contributed by atoms with Gasteiger partial charge in [-0.3, -0.25) is 4.79 Å². The minimum absolute atomic E-state index is 0. The zero-order valence-corrected chi connectivity index (χ0v) is 14.6. The summed E-state index contributed by atoms with van der Waals surface area (Å²) in [4.78, 5) is 14.0. The molecule has 1 aliphatic heterocycles. The van der Waals surface area contributed by atoms with E-state index in [1.807, 2.05) is 25.2 Å². The fourth-order valence-corrected chi connectivity index (χ4v) is 2.46. The van der Waals surface area contributed by atoms with Crippen LogP contribution in [0.15, 0.2) is 24.3 Å². The van der Waals surface area contributed by atoms with Gasteiger partial charge in [0, 0.05) is 43.9 Å². The SMILES string of the molecule is CNCCC(=O)NC1CCN(c2cccc(OC)c2)C1.Cl.Cl. The Balaban J connectivity index is 0.00000220. The molecule has 0 spiro atoms. The van der Waals surface area contributed by atoms with Crippen LogP contribution < -0.4 is 20.3 Å². The third-order valence-corrected chi connectivity index (χ3v) is 3.57. The number of halogens is 2. The van der Waals surface area contributed by atoms with Crippen molar-refractivity contribution in [3.63, 3.8) is 0 Å². The molecule has 1 aromatic carbocycles. The summed E-state index contributed by atoms with van der Waals surface area (Å²) in [6, 6.07) is 8.29. The number of nitrogens with zero attached hydrogens (tertiary/aromatic N) is 1. The minimum Gasteiger partial charge on any atom is -0.497 e. The van der Waals surface area contributed by atoms with Crippen molar-refractivity contribution in [1.82, 2.24) is 10.6 Å². The lowest BCUT2D eigenvalue weighted by Gasteiger charge is -2.19. The third kappa shape index (κ3) is 5.91. The lowest BCUT2D eigenvalue weighted by Crippen LogP contribution is -2.38. The fourth-order valence-electron chi connectivity index (χ4n) is 2.46. The summed E-state index contributed by atoms with van der Waals surface area (Å²) in [6.45, 7) is 2.54. The first-order chi connectivity index (χ1) is 9.72. The standard InChI is InChI=1S/C15H23N3O2.2ClH/c1-16-8-6-15(19)17-12-7-9-18(11-12)13-4-3-5-14(10-13)20-2;;/h3-5,10,12,16H,6-9,11H2,1-2H3,(H,17,19);2*1H. The van der Waals surface area contributed by atoms with Crippen LogP contribution >= 0.6 is 24.8 Å². The molecule has 2 rings (SSSR count). The minimum atomic E-state index is 0. The maximum absolute atomic E-state index is 11.7. The average Bonchev–Trinajstić information content (AvgIpc) is 2.93. The second-order valence-corrected chi connectivity index (χ2v) is 5.05. The summed E-state index contributed by atoms with van der Waals surface area (Å²) < 4.78 is 5.25. The van der Waals surface area contributed by atoms with Gasteiger partial charge in [-0.2, -0.15) is 0 Å². The number of anilines is 1. The van der Waals surface area contributed by atoms with E-state index in [0.717, 1.165) is 37.5 Å². The number of ether oxygens (including phenoxy) is 1. The monoisotopic (exact) mass is 349 g/mol. The summed E-state index contributed by atoms with van der Waals surface area (Å²) in [5.41, 5.74) is 1.15. The number of hydrogen-bond donors (Lipinski definition) is 2. The van der Waals surface area contributed by atoms with Crippen LogP contribution in [0.1, 0.15) is 12.8 Å². The Morgan fingerprint density at radius 2 is 2.18 bits per heavy atom. The molecule has 0 saturated carbocycles. The van der Waals surface area contributed by atoms with E-state index >= 15 is 0 Å². The van der Waals surface area contributed by atoms with Crippen molar-refractivity contribution in [1.29, 1.82) is 0 Å². The predicted molar refractivity (Wildman–Crippen MR) is 94.8 cm³/mol. The van der Waals surface area contributed by atoms with Crippen LogP contribution in [-0.4, -0.2) is 45.7 Å². The van der Waals surface area contributed by atoms with Crippen molar-refractivity contribution in [3.8, 4) is 5.75 Å². The van der Waals surface area contributed by atoms with Gasteiger partial charge in [0.15, 0.2) is 0 Å². The Bertz CT molecular complexity index is 460. The highest BCUT2D eigenvalue weighted by molar-refractivity contribution is 5.85. The van der Waals surface area contributed by atoms with Gasteiger partial charge in [0.2, 0.25) is 5.91 Å². The van der Waals surface area contributed by atoms with Gasteiger partial charge in [0.1, 0.15) is 5.75 Å². The molecule has 7 heteroatoms. The molecule has 1 amide bonds. The normalized spacial score (nSPS) is 16.5. The molecule has 126 valence electrons. The van der Waals surface area contributed by atoms with Gasteiger partial charge in [-0.05, 0) is 25.6 Å². The highest BCUT2D eigenvalue weighted by atomic mass is 35.5. The molecule has 5 nitrogen and oxygen atoms in total. The Kier molecular flexibility index (Phi) is 9.98. The van der Waals surface area contributed by atoms with Gasteiger partial charge >= 0.3 is 0 Å². The molecule has 0 radical (unpaired) electrons. The van der Waals surface area contributed by atoms with E-state index in [1.54, 1.807) is 7.11 Å². The molecule has 1 fully saturated rings. The molecule has 1 aliphatic rings. The molecule has 0 bridgehead atoms. The Morgan fingerprint density at radius 3 is 2.86 bits per heavy atom. The molecule has 22 heavy (non-hydrogen) atoms. The van der Waals surface area contributed by atoms with Crippen LogP contribution in [0.25, 0.3) is 0 Å². The lowest BCUT2D eigenvalue weighted by molar-refractivity contribution is -0.121. The topological polar surface area (TPSA) is 53.6 Å². The van der Waals surface area contributed by atoms with Crippen molar-refractivity contribution >= 4 is 36.4 Å². The van der Waals surface area contributed by atoms with Gasteiger partial charge < -0.3 is 20.3 Å². The number of rotatable bonds is 6. The second-order valence-electron chi connectivity index (χ2n) is 5.05. The molecule has 1 heterocycles. The maximum Gasteiger partial charge on any atom is 0.221 e. The van der Waals surface area contributed by atoms with Crippen molar-refractivity contribution in [2.24, 2.45) is 0 Å². The van der Waals surface area contributed by atoms with Crippen molar-refractivity contribution in [2.45, 2.75) is 18.9 Å². The van der Waals surface area contributed by atoms with Crippen LogP contribution in [0.3, 0.4) is 0 Å². The summed E-state index contributed by atoms with van der Waals surface area (Å²) in [5.74, 6) is 0.987. The summed E-state index contributed by atoms with van der Waals surface area (Å²) in [7, 11) is 3.53. The predicted octanol–water partition coefficient (Wildman–Crippen LogP) is 1.84. The largest absolute Gasteiger partial charge is 0.497 e. The maximum atomic E-state index is 11.7. The van der Waals surface area contributed by atoms with E-state index in [4.69, 9.17) is 4.74 Å². The lowest BCUT2D eigenvalue weighted by atomic mass is 10.2. The highest BCUT2D eigenvalue weighted by Crippen LogP contribution is 2.24. The van der Waals surface area contributed by atoms with E-state index in [0.29, 0.717) is 6.42 Å². The third-order valence-electron chi connectivity index (χ3n) is 3.57. The number of carbonyl (C=O) groups is 1. The molecular formula is C15H25Cl2N3O2. The van der Waals surface area contributed by atoms with Gasteiger partial charge in [-0.15, -0.1) is 24.8 Å². The zero-order valence-electron chi connectivity index (χ0n) is 13.0. The zero-order chi connectivity index (χ0) is 14.4. The molecule has 0 aliphatic carbocycles. The number of hydrogen-bond acceptors (Lipinski definition) is 4. The quantitative estimate of drug-likeness (QED) is 0.822. The van der Waals surface area contributed by atoms with Crippen LogP contribution in [-0.2, 0) is 4.79 Å². The first kappa shape index (κ1) is 20.8. The van der Waals surface area contributed by atoms with Crippen LogP contribution in [0.4, 0.5) is 5.69 Å². The van der Waals surface area contributed by atoms with Gasteiger partial charge in [0.25, 0.3) is 0 Å². The molecule has 1 atom stereocenters. The summed E-state index contributed by atoms with van der Waals surface area (Å²) in [6.07, 6.45) is 1.52. The smallest absolute Gasteiger partial charge is 0.221 e. The number of amides is 1. The average molecular weight is 350 g/mol. The van der Waals surface area contributed by atoms with E-state index in [9.17, 15) is 4.79 Å². The molecule has 2 N–H and O–H groups in total.